The second kappa shape index (κ2) is 4.62. The van der Waals surface area contributed by atoms with Gasteiger partial charge < -0.3 is 10.1 Å². The Hall–Kier alpha value is -1.83. The van der Waals surface area contributed by atoms with Crippen LogP contribution in [0.2, 0.25) is 0 Å². The highest BCUT2D eigenvalue weighted by Crippen LogP contribution is 2.28. The molecule has 0 atom stereocenters. The van der Waals surface area contributed by atoms with E-state index in [9.17, 15) is 0 Å². The Bertz CT molecular complexity index is 778. The summed E-state index contributed by atoms with van der Waals surface area (Å²) >= 11 is 1.54. The molecule has 20 heavy (non-hydrogen) atoms. The van der Waals surface area contributed by atoms with Gasteiger partial charge in [-0.3, -0.25) is 0 Å². The van der Waals surface area contributed by atoms with E-state index in [0.29, 0.717) is 6.61 Å². The van der Waals surface area contributed by atoms with Gasteiger partial charge in [0, 0.05) is 25.8 Å². The van der Waals surface area contributed by atoms with Crippen LogP contribution < -0.4 is 5.32 Å². The molecule has 0 aliphatic carbocycles. The molecule has 0 unspecified atom stereocenters. The quantitative estimate of drug-likeness (QED) is 0.792. The molecule has 0 saturated heterocycles. The number of benzene rings is 1. The molecule has 1 N–H and O–H groups in total. The summed E-state index contributed by atoms with van der Waals surface area (Å²) in [4.78, 5) is 0.797. The summed E-state index contributed by atoms with van der Waals surface area (Å²) in [5, 5.41) is 17.1. The summed E-state index contributed by atoms with van der Waals surface area (Å²) < 4.78 is 6.86. The van der Waals surface area contributed by atoms with Gasteiger partial charge in [0.15, 0.2) is 5.82 Å². The van der Waals surface area contributed by atoms with Crippen LogP contribution in [0.5, 0.6) is 0 Å². The SMILES string of the molecule is COCc1nnc2sc(-c3ccc4c(c3)CNC4)nn12. The average Bonchev–Trinajstić information content (AvgIpc) is 3.14. The lowest BCUT2D eigenvalue weighted by Crippen LogP contribution is -1.99. The number of hydrogen-bond donors (Lipinski definition) is 1. The highest BCUT2D eigenvalue weighted by Gasteiger charge is 2.15. The van der Waals surface area contributed by atoms with Crippen molar-refractivity contribution in [2.45, 2.75) is 19.7 Å². The molecule has 0 bridgehead atoms. The summed E-state index contributed by atoms with van der Waals surface area (Å²) in [5.74, 6) is 0.729. The molecule has 102 valence electrons. The van der Waals surface area contributed by atoms with Crippen LogP contribution in [0.4, 0.5) is 0 Å². The summed E-state index contributed by atoms with van der Waals surface area (Å²) in [6.45, 7) is 2.30. The topological polar surface area (TPSA) is 64.3 Å². The lowest BCUT2D eigenvalue weighted by Gasteiger charge is -2.00. The zero-order valence-corrected chi connectivity index (χ0v) is 11.8. The van der Waals surface area contributed by atoms with Gasteiger partial charge >= 0.3 is 0 Å². The molecular weight excluding hydrogens is 274 g/mol. The van der Waals surface area contributed by atoms with Crippen LogP contribution in [0.25, 0.3) is 15.5 Å². The van der Waals surface area contributed by atoms with E-state index in [1.54, 1.807) is 23.0 Å². The first-order valence-corrected chi connectivity index (χ1v) is 7.20. The molecule has 0 saturated carbocycles. The van der Waals surface area contributed by atoms with Gasteiger partial charge in [-0.1, -0.05) is 23.5 Å². The highest BCUT2D eigenvalue weighted by atomic mass is 32.1. The number of aromatic nitrogens is 4. The van der Waals surface area contributed by atoms with Gasteiger partial charge in [-0.05, 0) is 17.2 Å². The third-order valence-electron chi connectivity index (χ3n) is 3.41. The third-order valence-corrected chi connectivity index (χ3v) is 4.36. The van der Waals surface area contributed by atoms with Crippen LogP contribution in [0, 0.1) is 0 Å². The van der Waals surface area contributed by atoms with Crippen LogP contribution in [0.1, 0.15) is 17.0 Å². The fourth-order valence-electron chi connectivity index (χ4n) is 2.42. The van der Waals surface area contributed by atoms with Crippen LogP contribution in [0.3, 0.4) is 0 Å². The number of rotatable bonds is 3. The van der Waals surface area contributed by atoms with E-state index in [-0.39, 0.29) is 0 Å². The van der Waals surface area contributed by atoms with E-state index < -0.39 is 0 Å². The summed E-state index contributed by atoms with van der Waals surface area (Å²) in [7, 11) is 1.64. The number of hydrogen-bond acceptors (Lipinski definition) is 6. The molecule has 3 aromatic rings. The summed E-state index contributed by atoms with van der Waals surface area (Å²) in [5.41, 5.74) is 3.86. The lowest BCUT2D eigenvalue weighted by molar-refractivity contribution is 0.176. The van der Waals surface area contributed by atoms with Gasteiger partial charge in [-0.15, -0.1) is 10.2 Å². The smallest absolute Gasteiger partial charge is 0.235 e. The first-order valence-electron chi connectivity index (χ1n) is 6.38. The van der Waals surface area contributed by atoms with Crippen molar-refractivity contribution in [3.05, 3.63) is 35.2 Å². The molecule has 0 amide bonds. The van der Waals surface area contributed by atoms with E-state index in [0.717, 1.165) is 34.4 Å². The molecular formula is C13H13N5OS. The first-order chi connectivity index (χ1) is 9.85. The summed E-state index contributed by atoms with van der Waals surface area (Å²) in [6, 6.07) is 6.49. The van der Waals surface area contributed by atoms with Gasteiger partial charge in [0.2, 0.25) is 4.96 Å². The predicted octanol–water partition coefficient (Wildman–Crippen LogP) is 1.60. The van der Waals surface area contributed by atoms with E-state index in [4.69, 9.17) is 4.74 Å². The molecule has 2 aromatic heterocycles. The highest BCUT2D eigenvalue weighted by molar-refractivity contribution is 7.19. The van der Waals surface area contributed by atoms with Crippen molar-refractivity contribution in [2.24, 2.45) is 0 Å². The molecule has 6 nitrogen and oxygen atoms in total. The zero-order valence-electron chi connectivity index (χ0n) is 11.0. The normalized spacial score (nSPS) is 14.1. The second-order valence-corrected chi connectivity index (χ2v) is 5.69. The number of methoxy groups -OCH3 is 1. The molecule has 0 spiro atoms. The van der Waals surface area contributed by atoms with E-state index in [1.165, 1.54) is 11.1 Å². The molecule has 1 aromatic carbocycles. The Kier molecular flexibility index (Phi) is 2.76. The van der Waals surface area contributed by atoms with Gasteiger partial charge in [0.05, 0.1) is 0 Å². The maximum Gasteiger partial charge on any atom is 0.235 e. The Balaban J connectivity index is 1.78. The minimum Gasteiger partial charge on any atom is -0.377 e. The van der Waals surface area contributed by atoms with Crippen LogP contribution in [-0.4, -0.2) is 26.9 Å². The maximum absolute atomic E-state index is 5.10. The maximum atomic E-state index is 5.10. The summed E-state index contributed by atoms with van der Waals surface area (Å²) in [6.07, 6.45) is 0. The Labute approximate surface area is 119 Å². The van der Waals surface area contributed by atoms with E-state index in [2.05, 4.69) is 38.8 Å². The Morgan fingerprint density at radius 3 is 3.10 bits per heavy atom. The molecule has 4 rings (SSSR count). The van der Waals surface area contributed by atoms with Gasteiger partial charge in [-0.25, -0.2) is 0 Å². The van der Waals surface area contributed by atoms with Crippen molar-refractivity contribution < 1.29 is 4.74 Å². The molecule has 1 aliphatic heterocycles. The van der Waals surface area contributed by atoms with Crippen molar-refractivity contribution in [1.29, 1.82) is 0 Å². The van der Waals surface area contributed by atoms with E-state index >= 15 is 0 Å². The molecule has 0 radical (unpaired) electrons. The Morgan fingerprint density at radius 1 is 1.30 bits per heavy atom. The van der Waals surface area contributed by atoms with E-state index in [1.807, 2.05) is 0 Å². The number of nitrogens with zero attached hydrogens (tertiary/aromatic N) is 4. The Morgan fingerprint density at radius 2 is 2.20 bits per heavy atom. The fraction of sp³-hybridized carbons (Fsp3) is 0.308. The number of nitrogens with one attached hydrogen (secondary N) is 1. The van der Waals surface area contributed by atoms with Crippen LogP contribution in [0.15, 0.2) is 18.2 Å². The standard InChI is InChI=1S/C13H13N5OS/c1-19-7-11-15-16-13-18(11)17-12(20-13)8-2-3-9-5-14-6-10(9)4-8/h2-4,14H,5-7H2,1H3. The molecule has 3 heterocycles. The number of fused-ring (bicyclic) bond motifs is 2. The predicted molar refractivity (Wildman–Crippen MR) is 75.4 cm³/mol. The van der Waals surface area contributed by atoms with Gasteiger partial charge in [0.25, 0.3) is 0 Å². The monoisotopic (exact) mass is 287 g/mol. The molecule has 7 heteroatoms. The average molecular weight is 287 g/mol. The van der Waals surface area contributed by atoms with Crippen LogP contribution in [-0.2, 0) is 24.4 Å². The first kappa shape index (κ1) is 12.0. The largest absolute Gasteiger partial charge is 0.377 e. The van der Waals surface area contributed by atoms with Crippen molar-refractivity contribution in [1.82, 2.24) is 25.1 Å². The van der Waals surface area contributed by atoms with Crippen LogP contribution >= 0.6 is 11.3 Å². The lowest BCUT2D eigenvalue weighted by atomic mass is 10.1. The number of ether oxygens (including phenoxy) is 1. The molecule has 1 aliphatic rings. The minimum absolute atomic E-state index is 0.415. The zero-order chi connectivity index (χ0) is 13.5. The van der Waals surface area contributed by atoms with Crippen molar-refractivity contribution in [3.63, 3.8) is 0 Å². The van der Waals surface area contributed by atoms with Crippen molar-refractivity contribution >= 4 is 16.3 Å². The van der Waals surface area contributed by atoms with Crippen molar-refractivity contribution in [3.8, 4) is 10.6 Å². The third kappa shape index (κ3) is 1.82. The van der Waals surface area contributed by atoms with Crippen molar-refractivity contribution in [2.75, 3.05) is 7.11 Å². The van der Waals surface area contributed by atoms with Gasteiger partial charge in [-0.2, -0.15) is 9.61 Å². The van der Waals surface area contributed by atoms with Gasteiger partial charge in [0.1, 0.15) is 11.6 Å². The fourth-order valence-corrected chi connectivity index (χ4v) is 3.28. The minimum atomic E-state index is 0.415. The molecule has 0 fully saturated rings. The second-order valence-electron chi connectivity index (χ2n) is 4.74.